The standard InChI is InChI=1S/C20H27N3O4.C18H23N3O4.C16H19N3O4.C10H16N2O3/c1-6-15-10-7-9-14(2)17(15)22-19(25)26-16(13-23-12-8-11-21-23)18(24)27-20(3,4)5;1-4-14-9-6-8-13(3)16(14)20-18(23)25-15(17(22)24-5-2)12-21-11-7-10-19-21;1-3-12-7-4-6-11(2)14(12)18-16(22)23-13(15(20)21)10-19-9-5-8-17-19;1-10(2,3)15-9(14)8(13)7-12-6-4-5-11-12/h7-12,16H,6,13H2,1-5H3,(H,22,25);6-11,15H,4-5,12H2,1-3H3,(H,20,23);4-9,13H,3,10H2,1-2H3,(H,18,22)(H,20,21);4-6,8,13H,7H2,1-3H3. The third kappa shape index (κ3) is 25.5. The van der Waals surface area contributed by atoms with Crippen molar-refractivity contribution in [1.82, 2.24) is 39.1 Å². The number of aryl methyl sites for hydroxylation is 6. The summed E-state index contributed by atoms with van der Waals surface area (Å²) in [5.74, 6) is -3.07. The molecule has 4 aromatic heterocycles. The topological polar surface area (TPSA) is 323 Å². The van der Waals surface area contributed by atoms with Crippen molar-refractivity contribution in [2.75, 3.05) is 22.6 Å². The van der Waals surface area contributed by atoms with Crippen molar-refractivity contribution in [3.05, 3.63) is 162 Å². The van der Waals surface area contributed by atoms with E-state index in [-0.39, 0.29) is 32.8 Å². The van der Waals surface area contributed by atoms with Crippen LogP contribution < -0.4 is 16.0 Å². The zero-order chi connectivity index (χ0) is 66.6. The minimum atomic E-state index is -1.32. The van der Waals surface area contributed by atoms with Crippen molar-refractivity contribution in [2.45, 2.75) is 171 Å². The number of ether oxygens (including phenoxy) is 6. The zero-order valence-electron chi connectivity index (χ0n) is 53.4. The molecule has 0 saturated carbocycles. The Balaban J connectivity index is 0.000000261. The van der Waals surface area contributed by atoms with Crippen molar-refractivity contribution >= 4 is 59.2 Å². The molecule has 0 aliphatic heterocycles. The fraction of sp³-hybridized carbons (Fsp3) is 0.422. The van der Waals surface area contributed by atoms with Gasteiger partial charge < -0.3 is 38.6 Å². The van der Waals surface area contributed by atoms with Crippen LogP contribution in [-0.4, -0.2) is 134 Å². The highest BCUT2D eigenvalue weighted by Crippen LogP contribution is 2.25. The van der Waals surface area contributed by atoms with Gasteiger partial charge in [-0.25, -0.2) is 33.6 Å². The highest BCUT2D eigenvalue weighted by atomic mass is 16.6. The van der Waals surface area contributed by atoms with Crippen LogP contribution in [0.5, 0.6) is 0 Å². The number of carbonyl (C=O) groups excluding carboxylic acids is 6. The highest BCUT2D eigenvalue weighted by Gasteiger charge is 2.31. The predicted molar refractivity (Wildman–Crippen MR) is 334 cm³/mol. The summed E-state index contributed by atoms with van der Waals surface area (Å²) in [5, 5.41) is 42.7. The lowest BCUT2D eigenvalue weighted by molar-refractivity contribution is -0.166. The molecule has 0 bridgehead atoms. The van der Waals surface area contributed by atoms with Crippen LogP contribution in [0.15, 0.2) is 128 Å². The van der Waals surface area contributed by atoms with E-state index in [1.54, 1.807) is 116 Å². The molecular weight excluding hydrogens is 1160 g/mol. The van der Waals surface area contributed by atoms with E-state index in [1.807, 2.05) is 96.1 Å². The molecule has 0 saturated heterocycles. The van der Waals surface area contributed by atoms with E-state index in [1.165, 1.54) is 24.9 Å². The molecule has 3 aromatic carbocycles. The second kappa shape index (κ2) is 35.8. The number of nitrogens with one attached hydrogen (secondary N) is 3. The number of carbonyl (C=O) groups is 7. The van der Waals surface area contributed by atoms with Crippen molar-refractivity contribution in [3.63, 3.8) is 0 Å². The van der Waals surface area contributed by atoms with Crippen molar-refractivity contribution in [1.29, 1.82) is 0 Å². The Morgan fingerprint density at radius 3 is 1.07 bits per heavy atom. The maximum Gasteiger partial charge on any atom is 0.412 e. The van der Waals surface area contributed by atoms with Gasteiger partial charge in [-0.3, -0.25) is 34.7 Å². The smallest absolute Gasteiger partial charge is 0.412 e. The number of carboxylic acids is 1. The number of rotatable bonds is 22. The van der Waals surface area contributed by atoms with E-state index in [0.29, 0.717) is 17.1 Å². The van der Waals surface area contributed by atoms with Crippen molar-refractivity contribution < 1.29 is 72.2 Å². The molecule has 0 aliphatic carbocycles. The third-order valence-electron chi connectivity index (χ3n) is 12.5. The van der Waals surface area contributed by atoms with E-state index < -0.39 is 77.8 Å². The quantitative estimate of drug-likeness (QED) is 0.0311. The number of carboxylic acid groups (broad SMARTS) is 1. The Kier molecular flexibility index (Phi) is 28.9. The number of nitrogens with zero attached hydrogens (tertiary/aromatic N) is 8. The first-order chi connectivity index (χ1) is 42.6. The third-order valence-corrected chi connectivity index (χ3v) is 12.5. The molecule has 26 heteroatoms. The molecule has 7 rings (SSSR count). The molecule has 26 nitrogen and oxygen atoms in total. The van der Waals surface area contributed by atoms with E-state index in [4.69, 9.17) is 28.4 Å². The second-order valence-electron chi connectivity index (χ2n) is 22.0. The number of aliphatic hydroxyl groups excluding tert-OH is 1. The van der Waals surface area contributed by atoms with Gasteiger partial charge in [0, 0.05) is 49.6 Å². The van der Waals surface area contributed by atoms with Gasteiger partial charge in [0.15, 0.2) is 6.10 Å². The zero-order valence-corrected chi connectivity index (χ0v) is 53.4. The molecule has 0 radical (unpaired) electrons. The molecule has 90 heavy (non-hydrogen) atoms. The van der Waals surface area contributed by atoms with Gasteiger partial charge in [0.2, 0.25) is 18.3 Å². The monoisotopic (exact) mass is 1250 g/mol. The lowest BCUT2D eigenvalue weighted by atomic mass is 10.1. The van der Waals surface area contributed by atoms with E-state index in [9.17, 15) is 43.8 Å². The first kappa shape index (κ1) is 72.6. The number of esters is 3. The Hall–Kier alpha value is -9.85. The first-order valence-corrected chi connectivity index (χ1v) is 29.2. The number of para-hydroxylation sites is 3. The second-order valence-corrected chi connectivity index (χ2v) is 22.0. The van der Waals surface area contributed by atoms with E-state index >= 15 is 0 Å². The number of anilines is 3. The fourth-order valence-electron chi connectivity index (χ4n) is 8.24. The summed E-state index contributed by atoms with van der Waals surface area (Å²) in [6.45, 7) is 24.3. The molecule has 5 N–H and O–H groups in total. The maximum absolute atomic E-state index is 12.5. The number of aliphatic hydroxyl groups is 1. The molecule has 4 atom stereocenters. The van der Waals surface area contributed by atoms with Gasteiger partial charge in [-0.15, -0.1) is 0 Å². The fourth-order valence-corrected chi connectivity index (χ4v) is 8.24. The molecule has 486 valence electrons. The van der Waals surface area contributed by atoms with E-state index in [2.05, 4.69) is 36.3 Å². The normalized spacial score (nSPS) is 12.2. The molecule has 0 aliphatic rings. The van der Waals surface area contributed by atoms with Gasteiger partial charge in [-0.05, 0) is 146 Å². The van der Waals surface area contributed by atoms with Gasteiger partial charge in [0.25, 0.3) is 0 Å². The lowest BCUT2D eigenvalue weighted by Gasteiger charge is -2.24. The Morgan fingerprint density at radius 2 is 0.767 bits per heavy atom. The molecular formula is C64H85N11O15. The molecule has 7 aromatic rings. The largest absolute Gasteiger partial charge is 0.478 e. The number of hydrogen-bond acceptors (Lipinski definition) is 18. The summed E-state index contributed by atoms with van der Waals surface area (Å²) in [6, 6.07) is 24.1. The minimum absolute atomic E-state index is 0.0514. The van der Waals surface area contributed by atoms with Crippen molar-refractivity contribution in [3.8, 4) is 0 Å². The molecule has 4 unspecified atom stereocenters. The summed E-state index contributed by atoms with van der Waals surface area (Å²) in [4.78, 5) is 84.0. The lowest BCUT2D eigenvalue weighted by Crippen LogP contribution is -2.38. The average molecular weight is 1250 g/mol. The average Bonchev–Trinajstić information content (AvgIpc) is 2.52. The number of aliphatic carboxylic acids is 1. The highest BCUT2D eigenvalue weighted by molar-refractivity contribution is 5.91. The van der Waals surface area contributed by atoms with E-state index in [0.717, 1.165) is 52.6 Å². The molecule has 0 fully saturated rings. The predicted octanol–water partition coefficient (Wildman–Crippen LogP) is 9.69. The van der Waals surface area contributed by atoms with Gasteiger partial charge in [0.1, 0.15) is 11.2 Å². The van der Waals surface area contributed by atoms with Gasteiger partial charge >= 0.3 is 42.2 Å². The molecule has 3 amide bonds. The summed E-state index contributed by atoms with van der Waals surface area (Å²) in [5.41, 5.74) is 6.48. The van der Waals surface area contributed by atoms with Crippen LogP contribution in [0.2, 0.25) is 0 Å². The number of amides is 3. The van der Waals surface area contributed by atoms with Crippen molar-refractivity contribution in [2.24, 2.45) is 0 Å². The van der Waals surface area contributed by atoms with Crippen LogP contribution in [0.3, 0.4) is 0 Å². The van der Waals surface area contributed by atoms with Crippen LogP contribution in [0.4, 0.5) is 31.4 Å². The number of hydrogen-bond donors (Lipinski definition) is 5. The number of benzene rings is 3. The Morgan fingerprint density at radius 1 is 0.456 bits per heavy atom. The van der Waals surface area contributed by atoms with Gasteiger partial charge in [0.05, 0.1) is 49.8 Å². The minimum Gasteiger partial charge on any atom is -0.478 e. The maximum atomic E-state index is 12.5. The summed E-state index contributed by atoms with van der Waals surface area (Å²) in [6.07, 6.45) is 8.34. The van der Waals surface area contributed by atoms with Crippen LogP contribution in [0.1, 0.15) is 103 Å². The van der Waals surface area contributed by atoms with Crippen LogP contribution >= 0.6 is 0 Å². The number of aromatic nitrogens is 8. The summed E-state index contributed by atoms with van der Waals surface area (Å²) in [7, 11) is 0. The first-order valence-electron chi connectivity index (χ1n) is 29.2. The van der Waals surface area contributed by atoms with Crippen LogP contribution in [0.25, 0.3) is 0 Å². The van der Waals surface area contributed by atoms with Gasteiger partial charge in [-0.1, -0.05) is 75.4 Å². The SMILES string of the molecule is CC(C)(C)OC(=O)C(O)Cn1cccn1.CCOC(=O)C(Cn1cccn1)OC(=O)Nc1c(C)cccc1CC.CCc1cccc(C)c1NC(=O)OC(Cn1cccn1)C(=O)O.CCc1cccc(C)c1NC(=O)OC(Cn1cccn1)C(=O)OC(C)(C)C. The van der Waals surface area contributed by atoms with Crippen LogP contribution in [-0.2, 0) is 93.0 Å². The summed E-state index contributed by atoms with van der Waals surface area (Å²) < 4.78 is 37.1. The van der Waals surface area contributed by atoms with Gasteiger partial charge in [-0.2, -0.15) is 20.4 Å². The van der Waals surface area contributed by atoms with Crippen LogP contribution in [0, 0.1) is 20.8 Å². The Labute approximate surface area is 524 Å². The Bertz CT molecular complexity index is 3360. The molecule has 0 spiro atoms. The molecule has 4 heterocycles. The summed E-state index contributed by atoms with van der Waals surface area (Å²) >= 11 is 0.